The Morgan fingerprint density at radius 3 is 2.35 bits per heavy atom. The summed E-state index contributed by atoms with van der Waals surface area (Å²) in [5.74, 6) is 0.338. The molecule has 1 atom stereocenters. The molecule has 0 fully saturated rings. The van der Waals surface area contributed by atoms with E-state index in [-0.39, 0.29) is 11.9 Å². The molecule has 1 aliphatic rings. The van der Waals surface area contributed by atoms with Crippen molar-refractivity contribution in [2.24, 2.45) is 11.7 Å². The van der Waals surface area contributed by atoms with E-state index in [4.69, 9.17) is 5.73 Å². The fourth-order valence-corrected chi connectivity index (χ4v) is 2.33. The average Bonchev–Trinajstić information content (AvgIpc) is 2.56. The topological polar surface area (TPSA) is 46.3 Å². The second-order valence-electron chi connectivity index (χ2n) is 4.71. The molecule has 2 rings (SSSR count). The molecule has 17 heavy (non-hydrogen) atoms. The third-order valence-electron chi connectivity index (χ3n) is 3.32. The molecule has 0 bridgehead atoms. The second kappa shape index (κ2) is 4.34. The van der Waals surface area contributed by atoms with Gasteiger partial charge >= 0.3 is 0 Å². The lowest BCUT2D eigenvalue weighted by Gasteiger charge is -2.30. The monoisotopic (exact) mass is 230 g/mol. The molecular weight excluding hydrogens is 212 g/mol. The predicted molar refractivity (Wildman–Crippen MR) is 69.3 cm³/mol. The van der Waals surface area contributed by atoms with Gasteiger partial charge in [-0.25, -0.2) is 0 Å². The highest BCUT2D eigenvalue weighted by Gasteiger charge is 2.36. The summed E-state index contributed by atoms with van der Waals surface area (Å²) < 4.78 is 0. The molecule has 3 heteroatoms. The molecule has 0 aromatic heterocycles. The largest absolute Gasteiger partial charge is 0.328 e. The molecule has 2 N–H and O–H groups in total. The van der Waals surface area contributed by atoms with E-state index in [0.717, 1.165) is 16.8 Å². The van der Waals surface area contributed by atoms with Crippen molar-refractivity contribution in [1.82, 2.24) is 4.90 Å². The van der Waals surface area contributed by atoms with Crippen LogP contribution in [0.4, 0.5) is 0 Å². The number of nitrogens with zero attached hydrogens (tertiary/aromatic N) is 1. The van der Waals surface area contributed by atoms with Gasteiger partial charge in [0.1, 0.15) is 0 Å². The van der Waals surface area contributed by atoms with Crippen LogP contribution in [0.1, 0.15) is 29.8 Å². The molecular formula is C14H18N2O. The van der Waals surface area contributed by atoms with Gasteiger partial charge in [-0.05, 0) is 12.0 Å². The molecule has 1 aromatic carbocycles. The van der Waals surface area contributed by atoms with Gasteiger partial charge < -0.3 is 10.6 Å². The summed E-state index contributed by atoms with van der Waals surface area (Å²) in [4.78, 5) is 14.1. The third kappa shape index (κ3) is 1.76. The average molecular weight is 230 g/mol. The van der Waals surface area contributed by atoms with E-state index in [1.165, 1.54) is 0 Å². The maximum Gasteiger partial charge on any atom is 0.259 e. The fraction of sp³-hybridized carbons (Fsp3) is 0.357. The van der Waals surface area contributed by atoms with Crippen molar-refractivity contribution in [2.75, 3.05) is 6.54 Å². The number of benzene rings is 1. The Hall–Kier alpha value is -1.61. The van der Waals surface area contributed by atoms with Gasteiger partial charge in [0.15, 0.2) is 0 Å². The van der Waals surface area contributed by atoms with E-state index in [1.807, 2.05) is 24.3 Å². The number of hydrogen-bond acceptors (Lipinski definition) is 2. The van der Waals surface area contributed by atoms with Gasteiger partial charge in [-0.3, -0.25) is 4.79 Å². The van der Waals surface area contributed by atoms with Gasteiger partial charge in [-0.15, -0.1) is 0 Å². The maximum absolute atomic E-state index is 12.3. The molecule has 1 heterocycles. The molecule has 0 aliphatic carbocycles. The van der Waals surface area contributed by atoms with E-state index >= 15 is 0 Å². The van der Waals surface area contributed by atoms with Crippen LogP contribution in [-0.4, -0.2) is 23.4 Å². The number of nitrogens with two attached hydrogens (primary N) is 1. The minimum Gasteiger partial charge on any atom is -0.328 e. The van der Waals surface area contributed by atoms with E-state index in [2.05, 4.69) is 20.4 Å². The summed E-state index contributed by atoms with van der Waals surface area (Å²) in [6.07, 6.45) is 0. The molecule has 1 amide bonds. The first-order valence-corrected chi connectivity index (χ1v) is 5.89. The standard InChI is InChI=1S/C14H18N2O/c1-9(2)13(8-15)16-10(3)11-6-4-5-7-12(11)14(16)17/h4-7,9,13H,3,8,15H2,1-2H3. The molecule has 3 nitrogen and oxygen atoms in total. The predicted octanol–water partition coefficient (Wildman–Crippen LogP) is 2.10. The number of carbonyl (C=O) groups excluding carboxylic acids is 1. The van der Waals surface area contributed by atoms with Gasteiger partial charge in [0.05, 0.1) is 6.04 Å². The minimum atomic E-state index is 0.0161. The normalized spacial score (nSPS) is 16.6. The lowest BCUT2D eigenvalue weighted by Crippen LogP contribution is -2.43. The molecule has 90 valence electrons. The number of hydrogen-bond donors (Lipinski definition) is 1. The van der Waals surface area contributed by atoms with E-state index in [1.54, 1.807) is 4.90 Å². The Morgan fingerprint density at radius 2 is 1.88 bits per heavy atom. The minimum absolute atomic E-state index is 0.0161. The zero-order chi connectivity index (χ0) is 12.6. The van der Waals surface area contributed by atoms with Gasteiger partial charge in [0, 0.05) is 23.4 Å². The molecule has 0 saturated carbocycles. The highest BCUT2D eigenvalue weighted by Crippen LogP contribution is 2.34. The van der Waals surface area contributed by atoms with Crippen molar-refractivity contribution in [2.45, 2.75) is 19.9 Å². The Bertz CT molecular complexity index is 430. The highest BCUT2D eigenvalue weighted by molar-refractivity contribution is 6.09. The van der Waals surface area contributed by atoms with Crippen LogP contribution in [0.5, 0.6) is 0 Å². The summed E-state index contributed by atoms with van der Waals surface area (Å²) in [5.41, 5.74) is 8.21. The first kappa shape index (κ1) is 11.9. The summed E-state index contributed by atoms with van der Waals surface area (Å²) in [6.45, 7) is 8.62. The van der Waals surface area contributed by atoms with Crippen LogP contribution >= 0.6 is 0 Å². The van der Waals surface area contributed by atoms with Gasteiger partial charge in [-0.2, -0.15) is 0 Å². The number of carbonyl (C=O) groups is 1. The molecule has 1 unspecified atom stereocenters. The van der Waals surface area contributed by atoms with Crippen molar-refractivity contribution in [3.63, 3.8) is 0 Å². The van der Waals surface area contributed by atoms with Crippen LogP contribution < -0.4 is 5.73 Å². The quantitative estimate of drug-likeness (QED) is 0.864. The van der Waals surface area contributed by atoms with Crippen LogP contribution in [0.25, 0.3) is 5.70 Å². The first-order chi connectivity index (χ1) is 8.07. The van der Waals surface area contributed by atoms with Crippen molar-refractivity contribution in [3.05, 3.63) is 42.0 Å². The zero-order valence-corrected chi connectivity index (χ0v) is 10.3. The smallest absolute Gasteiger partial charge is 0.259 e. The van der Waals surface area contributed by atoms with Crippen LogP contribution in [0.15, 0.2) is 30.8 Å². The van der Waals surface area contributed by atoms with Crippen LogP contribution in [0.3, 0.4) is 0 Å². The number of fused-ring (bicyclic) bond motifs is 1. The summed E-state index contributed by atoms with van der Waals surface area (Å²) >= 11 is 0. The van der Waals surface area contributed by atoms with E-state index < -0.39 is 0 Å². The molecule has 1 aliphatic heterocycles. The fourth-order valence-electron chi connectivity index (χ4n) is 2.33. The van der Waals surface area contributed by atoms with Crippen LogP contribution in [0, 0.1) is 5.92 Å². The SMILES string of the molecule is C=C1c2ccccc2C(=O)N1C(CN)C(C)C. The Kier molecular flexibility index (Phi) is 3.03. The molecule has 0 spiro atoms. The van der Waals surface area contributed by atoms with Crippen LogP contribution in [0.2, 0.25) is 0 Å². The van der Waals surface area contributed by atoms with E-state index in [0.29, 0.717) is 12.5 Å². The van der Waals surface area contributed by atoms with Crippen LogP contribution in [-0.2, 0) is 0 Å². The molecule has 0 radical (unpaired) electrons. The van der Waals surface area contributed by atoms with Crippen molar-refractivity contribution in [1.29, 1.82) is 0 Å². The highest BCUT2D eigenvalue weighted by atomic mass is 16.2. The Morgan fingerprint density at radius 1 is 1.29 bits per heavy atom. The first-order valence-electron chi connectivity index (χ1n) is 5.89. The molecule has 1 aromatic rings. The second-order valence-corrected chi connectivity index (χ2v) is 4.71. The lowest BCUT2D eigenvalue weighted by atomic mass is 10.0. The number of amides is 1. The third-order valence-corrected chi connectivity index (χ3v) is 3.32. The molecule has 0 saturated heterocycles. The van der Waals surface area contributed by atoms with Crippen molar-refractivity contribution in [3.8, 4) is 0 Å². The van der Waals surface area contributed by atoms with Gasteiger partial charge in [-0.1, -0.05) is 38.6 Å². The van der Waals surface area contributed by atoms with E-state index in [9.17, 15) is 4.79 Å². The summed E-state index contributed by atoms with van der Waals surface area (Å²) in [5, 5.41) is 0. The number of rotatable bonds is 3. The van der Waals surface area contributed by atoms with Crippen molar-refractivity contribution < 1.29 is 4.79 Å². The maximum atomic E-state index is 12.3. The Balaban J connectivity index is 2.42. The summed E-state index contributed by atoms with van der Waals surface area (Å²) in [7, 11) is 0. The van der Waals surface area contributed by atoms with Crippen molar-refractivity contribution >= 4 is 11.6 Å². The lowest BCUT2D eigenvalue weighted by molar-refractivity contribution is 0.0778. The summed E-state index contributed by atoms with van der Waals surface area (Å²) in [6, 6.07) is 7.59. The van der Waals surface area contributed by atoms with Gasteiger partial charge in [0.25, 0.3) is 5.91 Å². The Labute approximate surface area is 102 Å². The van der Waals surface area contributed by atoms with Gasteiger partial charge in [0.2, 0.25) is 0 Å². The zero-order valence-electron chi connectivity index (χ0n) is 10.3.